The Morgan fingerprint density at radius 3 is 2.48 bits per heavy atom. The molecule has 9 nitrogen and oxygen atoms in total. The summed E-state index contributed by atoms with van der Waals surface area (Å²) in [5.74, 6) is 1.59. The molecule has 1 saturated carbocycles. The van der Waals surface area contributed by atoms with Crippen molar-refractivity contribution >= 4 is 21.8 Å². The maximum absolute atomic E-state index is 14.0. The standard InChI is InChI=1S/C40H52N6O3S/c1-25(2)18-29-14-9-12-26(3)36(29)37-27(4)38-44-39(43-37)45-50(47,48)33-17-10-13-28(19-33)34(30(24-49-38)21-40(5,6)7)20-31-22-41-23-35(42-31)46(8)32-15-11-16-32/h9-10,12-14,17,19,22-23,25,30,32,34H,11,15-16,18,20-21,24H2,1-8H3,(H,43,44,45)/t30-,34?/m1/s1. The van der Waals surface area contributed by atoms with Crippen molar-refractivity contribution in [2.24, 2.45) is 17.3 Å². The van der Waals surface area contributed by atoms with E-state index < -0.39 is 10.0 Å². The number of aryl methyl sites for hydroxylation is 1. The monoisotopic (exact) mass is 696 g/mol. The highest BCUT2D eigenvalue weighted by atomic mass is 32.2. The van der Waals surface area contributed by atoms with Gasteiger partial charge in [-0.05, 0) is 98.4 Å². The predicted octanol–water partition coefficient (Wildman–Crippen LogP) is 8.31. The van der Waals surface area contributed by atoms with E-state index in [0.717, 1.165) is 52.2 Å². The molecule has 0 amide bonds. The fourth-order valence-electron chi connectivity index (χ4n) is 7.39. The number of aromatic nitrogens is 4. The van der Waals surface area contributed by atoms with Crippen LogP contribution in [0.2, 0.25) is 0 Å². The van der Waals surface area contributed by atoms with Crippen LogP contribution < -0.4 is 14.4 Å². The Hall–Kier alpha value is -4.05. The zero-order valence-corrected chi connectivity index (χ0v) is 31.6. The van der Waals surface area contributed by atoms with Gasteiger partial charge >= 0.3 is 0 Å². The van der Waals surface area contributed by atoms with Gasteiger partial charge in [-0.15, -0.1) is 0 Å². The van der Waals surface area contributed by atoms with Gasteiger partial charge in [-0.25, -0.2) is 23.1 Å². The van der Waals surface area contributed by atoms with Gasteiger partial charge in [-0.1, -0.05) is 65.0 Å². The third-order valence-corrected chi connectivity index (χ3v) is 11.4. The first-order valence-electron chi connectivity index (χ1n) is 18.0. The number of sulfonamides is 1. The van der Waals surface area contributed by atoms with Gasteiger partial charge in [-0.2, -0.15) is 4.98 Å². The largest absolute Gasteiger partial charge is 0.477 e. The Kier molecular flexibility index (Phi) is 10.2. The highest BCUT2D eigenvalue weighted by molar-refractivity contribution is 7.92. The molecule has 4 aromatic rings. The molecular formula is C40H52N6O3S. The Bertz CT molecular complexity index is 1950. The van der Waals surface area contributed by atoms with E-state index in [1.807, 2.05) is 31.5 Å². The Morgan fingerprint density at radius 2 is 1.78 bits per heavy atom. The van der Waals surface area contributed by atoms with Gasteiger partial charge in [0.15, 0.2) is 0 Å². The lowest BCUT2D eigenvalue weighted by Crippen LogP contribution is -2.37. The second-order valence-corrected chi connectivity index (χ2v) is 17.6. The van der Waals surface area contributed by atoms with Crippen LogP contribution in [0.25, 0.3) is 11.3 Å². The summed E-state index contributed by atoms with van der Waals surface area (Å²) in [5, 5.41) is 0. The zero-order chi connectivity index (χ0) is 35.8. The van der Waals surface area contributed by atoms with Crippen LogP contribution in [0.15, 0.2) is 59.8 Å². The number of fused-ring (bicyclic) bond motifs is 4. The zero-order valence-electron chi connectivity index (χ0n) is 30.8. The SMILES string of the molecule is Cc1cccc(CC(C)C)c1-c1nc2nc(c1C)OC[C@@H](CC(C)(C)C)C(Cc1cncc(N(C)C3CCC3)n1)c1cccc(c1)S(=O)(=O)N2. The van der Waals surface area contributed by atoms with E-state index in [9.17, 15) is 8.42 Å². The molecule has 0 saturated heterocycles. The summed E-state index contributed by atoms with van der Waals surface area (Å²) < 4.78 is 37.5. The van der Waals surface area contributed by atoms with Crippen molar-refractivity contribution < 1.29 is 13.2 Å². The number of benzene rings is 2. The number of rotatable bonds is 8. The number of anilines is 2. The molecule has 1 aliphatic carbocycles. The Balaban J connectivity index is 1.47. The lowest BCUT2D eigenvalue weighted by atomic mass is 9.74. The lowest BCUT2D eigenvalue weighted by molar-refractivity contribution is 0.165. The molecule has 10 heteroatoms. The summed E-state index contributed by atoms with van der Waals surface area (Å²) in [6, 6.07) is 14.0. The van der Waals surface area contributed by atoms with Crippen LogP contribution in [0.3, 0.4) is 0 Å². The predicted molar refractivity (Wildman–Crippen MR) is 200 cm³/mol. The van der Waals surface area contributed by atoms with E-state index in [-0.39, 0.29) is 28.1 Å². The van der Waals surface area contributed by atoms with Gasteiger partial charge in [0.25, 0.3) is 10.0 Å². The molecular weight excluding hydrogens is 645 g/mol. The molecule has 6 rings (SSSR count). The maximum atomic E-state index is 14.0. The summed E-state index contributed by atoms with van der Waals surface area (Å²) in [5.41, 5.74) is 6.45. The second kappa shape index (κ2) is 14.3. The quantitative estimate of drug-likeness (QED) is 0.196. The lowest BCUT2D eigenvalue weighted by Gasteiger charge is -2.36. The van der Waals surface area contributed by atoms with E-state index in [4.69, 9.17) is 19.7 Å². The Morgan fingerprint density at radius 1 is 1.02 bits per heavy atom. The smallest absolute Gasteiger partial charge is 0.264 e. The normalized spacial score (nSPS) is 19.1. The molecule has 2 aromatic heterocycles. The summed E-state index contributed by atoms with van der Waals surface area (Å²) >= 11 is 0. The van der Waals surface area contributed by atoms with Gasteiger partial charge in [0.2, 0.25) is 11.8 Å². The molecule has 266 valence electrons. The molecule has 1 unspecified atom stereocenters. The van der Waals surface area contributed by atoms with Gasteiger partial charge in [-0.3, -0.25) is 4.98 Å². The molecule has 1 aliphatic heterocycles. The molecule has 0 spiro atoms. The molecule has 2 aromatic carbocycles. The van der Waals surface area contributed by atoms with Crippen molar-refractivity contribution in [3.63, 3.8) is 0 Å². The van der Waals surface area contributed by atoms with Gasteiger partial charge < -0.3 is 9.64 Å². The molecule has 0 radical (unpaired) electrons. The van der Waals surface area contributed by atoms with E-state index in [0.29, 0.717) is 36.6 Å². The molecule has 4 bridgehead atoms. The third kappa shape index (κ3) is 7.96. The van der Waals surface area contributed by atoms with Gasteiger partial charge in [0.1, 0.15) is 5.82 Å². The van der Waals surface area contributed by atoms with Crippen molar-refractivity contribution in [1.82, 2.24) is 19.9 Å². The first-order valence-corrected chi connectivity index (χ1v) is 19.4. The minimum absolute atomic E-state index is 0.00285. The number of hydrogen-bond donors (Lipinski definition) is 1. The first-order chi connectivity index (χ1) is 23.7. The topological polar surface area (TPSA) is 110 Å². The minimum Gasteiger partial charge on any atom is -0.477 e. The summed E-state index contributed by atoms with van der Waals surface area (Å²) in [6.07, 6.45) is 9.54. The maximum Gasteiger partial charge on any atom is 0.264 e. The number of hydrogen-bond acceptors (Lipinski definition) is 8. The van der Waals surface area contributed by atoms with Crippen LogP contribution >= 0.6 is 0 Å². The molecule has 2 aliphatic rings. The van der Waals surface area contributed by atoms with Crippen LogP contribution in [-0.4, -0.2) is 48.1 Å². The van der Waals surface area contributed by atoms with Crippen LogP contribution in [0.1, 0.15) is 94.2 Å². The van der Waals surface area contributed by atoms with Crippen LogP contribution in [-0.2, 0) is 22.9 Å². The van der Waals surface area contributed by atoms with E-state index >= 15 is 0 Å². The van der Waals surface area contributed by atoms with Crippen molar-refractivity contribution in [3.05, 3.63) is 82.8 Å². The minimum atomic E-state index is -4.04. The van der Waals surface area contributed by atoms with Crippen LogP contribution in [0, 0.1) is 31.1 Å². The average Bonchev–Trinajstić information content (AvgIpc) is 3.01. The van der Waals surface area contributed by atoms with Crippen molar-refractivity contribution in [2.75, 3.05) is 23.3 Å². The third-order valence-electron chi connectivity index (χ3n) is 10.1. The number of nitrogens with zero attached hydrogens (tertiary/aromatic N) is 5. The fraction of sp³-hybridized carbons (Fsp3) is 0.500. The highest BCUT2D eigenvalue weighted by Crippen LogP contribution is 2.40. The summed E-state index contributed by atoms with van der Waals surface area (Å²) in [7, 11) is -1.94. The van der Waals surface area contributed by atoms with E-state index in [2.05, 4.69) is 81.4 Å². The van der Waals surface area contributed by atoms with Crippen LogP contribution in [0.4, 0.5) is 11.8 Å². The van der Waals surface area contributed by atoms with Crippen molar-refractivity contribution in [1.29, 1.82) is 0 Å². The highest BCUT2D eigenvalue weighted by Gasteiger charge is 2.32. The van der Waals surface area contributed by atoms with E-state index in [1.54, 1.807) is 12.1 Å². The van der Waals surface area contributed by atoms with Crippen LogP contribution in [0.5, 0.6) is 5.88 Å². The van der Waals surface area contributed by atoms with Crippen molar-refractivity contribution in [3.8, 4) is 17.1 Å². The summed E-state index contributed by atoms with van der Waals surface area (Å²) in [6.45, 7) is 15.5. The average molecular weight is 697 g/mol. The van der Waals surface area contributed by atoms with Gasteiger partial charge in [0, 0.05) is 36.3 Å². The van der Waals surface area contributed by atoms with Gasteiger partial charge in [0.05, 0.1) is 29.1 Å². The van der Waals surface area contributed by atoms with E-state index in [1.165, 1.54) is 19.3 Å². The molecule has 50 heavy (non-hydrogen) atoms. The number of nitrogens with one attached hydrogen (secondary N) is 1. The Labute approximate surface area is 298 Å². The molecule has 1 fully saturated rings. The number of ether oxygens (including phenoxy) is 1. The summed E-state index contributed by atoms with van der Waals surface area (Å²) in [4.78, 5) is 21.7. The molecule has 1 N–H and O–H groups in total. The fourth-order valence-corrected chi connectivity index (χ4v) is 8.39. The second-order valence-electron chi connectivity index (χ2n) is 15.9. The van der Waals surface area contributed by atoms with Crippen molar-refractivity contribution in [2.45, 2.75) is 104 Å². The first kappa shape index (κ1) is 35.8. The molecule has 3 heterocycles. The molecule has 2 atom stereocenters.